The van der Waals surface area contributed by atoms with Gasteiger partial charge in [-0.05, 0) is 50.3 Å². The highest BCUT2D eigenvalue weighted by atomic mass is 127. The number of nitrogens with one attached hydrogen (secondary N) is 2. The highest BCUT2D eigenvalue weighted by molar-refractivity contribution is 14.0. The van der Waals surface area contributed by atoms with Gasteiger partial charge in [-0.1, -0.05) is 12.1 Å². The van der Waals surface area contributed by atoms with Gasteiger partial charge in [0.1, 0.15) is 6.10 Å². The molecule has 9 nitrogen and oxygen atoms in total. The highest BCUT2D eigenvalue weighted by Crippen LogP contribution is 2.17. The summed E-state index contributed by atoms with van der Waals surface area (Å²) in [5, 5.41) is 6.13. The molecule has 4 N–H and O–H groups in total. The first-order valence-electron chi connectivity index (χ1n) is 10.5. The Morgan fingerprint density at radius 1 is 1.29 bits per heavy atom. The Morgan fingerprint density at radius 3 is 2.74 bits per heavy atom. The Balaban J connectivity index is 0.00000341. The SMILES string of the molecule is CCOC(=O)N1CCC(NC(N)=NCc2cccc(NC(=O)C3CCCO3)c2)CC1.I. The molecule has 1 aromatic carbocycles. The van der Waals surface area contributed by atoms with E-state index < -0.39 is 0 Å². The molecule has 0 spiro atoms. The van der Waals surface area contributed by atoms with E-state index in [-0.39, 0.29) is 48.1 Å². The van der Waals surface area contributed by atoms with Crippen molar-refractivity contribution in [2.24, 2.45) is 10.7 Å². The maximum absolute atomic E-state index is 12.2. The van der Waals surface area contributed by atoms with Crippen LogP contribution in [0.2, 0.25) is 0 Å². The van der Waals surface area contributed by atoms with Gasteiger partial charge in [-0.2, -0.15) is 0 Å². The van der Waals surface area contributed by atoms with E-state index in [0.29, 0.717) is 38.8 Å². The van der Waals surface area contributed by atoms with E-state index >= 15 is 0 Å². The molecule has 2 amide bonds. The Kier molecular flexibility index (Phi) is 10.3. The molecule has 1 atom stereocenters. The minimum Gasteiger partial charge on any atom is -0.450 e. The van der Waals surface area contributed by atoms with E-state index in [1.807, 2.05) is 24.3 Å². The number of hydrogen-bond acceptors (Lipinski definition) is 5. The summed E-state index contributed by atoms with van der Waals surface area (Å²) < 4.78 is 10.4. The Bertz CT molecular complexity index is 762. The standard InChI is InChI=1S/C21H31N5O4.HI/c1-2-29-21(28)26-10-8-16(9-11-26)25-20(22)23-14-15-5-3-6-17(13-15)24-19(27)18-7-4-12-30-18;/h3,5-6,13,16,18H,2,4,7-12,14H2,1H3,(H,24,27)(H3,22,23,25);1H. The smallest absolute Gasteiger partial charge is 0.409 e. The van der Waals surface area contributed by atoms with Crippen LogP contribution in [0.1, 0.15) is 38.2 Å². The van der Waals surface area contributed by atoms with Crippen molar-refractivity contribution in [2.45, 2.75) is 51.3 Å². The summed E-state index contributed by atoms with van der Waals surface area (Å²) in [5.41, 5.74) is 7.71. The summed E-state index contributed by atoms with van der Waals surface area (Å²) >= 11 is 0. The molecule has 2 aliphatic rings. The normalized spacial score (nSPS) is 19.5. The molecule has 1 aromatic rings. The first kappa shape index (κ1) is 25.2. The number of piperidine rings is 1. The van der Waals surface area contributed by atoms with Gasteiger partial charge in [0.05, 0.1) is 13.2 Å². The predicted molar refractivity (Wildman–Crippen MR) is 130 cm³/mol. The van der Waals surface area contributed by atoms with Gasteiger partial charge in [-0.15, -0.1) is 24.0 Å². The first-order chi connectivity index (χ1) is 14.5. The minimum absolute atomic E-state index is 0. The largest absolute Gasteiger partial charge is 0.450 e. The molecule has 0 aromatic heterocycles. The van der Waals surface area contributed by atoms with Gasteiger partial charge in [0.25, 0.3) is 5.91 Å². The van der Waals surface area contributed by atoms with Gasteiger partial charge in [-0.25, -0.2) is 9.79 Å². The van der Waals surface area contributed by atoms with Gasteiger partial charge >= 0.3 is 6.09 Å². The minimum atomic E-state index is -0.359. The fourth-order valence-electron chi connectivity index (χ4n) is 3.61. The zero-order chi connectivity index (χ0) is 21.3. The summed E-state index contributed by atoms with van der Waals surface area (Å²) in [5.74, 6) is 0.266. The molecule has 0 saturated carbocycles. The summed E-state index contributed by atoms with van der Waals surface area (Å²) in [6.45, 7) is 4.50. The van der Waals surface area contributed by atoms with Crippen LogP contribution in [0.15, 0.2) is 29.3 Å². The van der Waals surface area contributed by atoms with Crippen molar-refractivity contribution in [3.63, 3.8) is 0 Å². The van der Waals surface area contributed by atoms with Crippen LogP contribution >= 0.6 is 24.0 Å². The summed E-state index contributed by atoms with van der Waals surface area (Å²) in [6.07, 6.45) is 2.64. The number of rotatable bonds is 6. The quantitative estimate of drug-likeness (QED) is 0.287. The van der Waals surface area contributed by atoms with Crippen molar-refractivity contribution in [1.82, 2.24) is 10.2 Å². The number of likely N-dealkylation sites (tertiary alicyclic amines) is 1. The van der Waals surface area contributed by atoms with Crippen LogP contribution in [0.25, 0.3) is 0 Å². The average molecular weight is 545 g/mol. The van der Waals surface area contributed by atoms with Crippen LogP contribution in [0, 0.1) is 0 Å². The second kappa shape index (κ2) is 12.7. The predicted octanol–water partition coefficient (Wildman–Crippen LogP) is 2.45. The first-order valence-corrected chi connectivity index (χ1v) is 10.5. The third-order valence-corrected chi connectivity index (χ3v) is 5.22. The van der Waals surface area contributed by atoms with Gasteiger partial charge in [-0.3, -0.25) is 4.79 Å². The molecule has 2 heterocycles. The van der Waals surface area contributed by atoms with Gasteiger partial charge in [0, 0.05) is 31.4 Å². The Morgan fingerprint density at radius 2 is 2.06 bits per heavy atom. The molecule has 0 aliphatic carbocycles. The number of nitrogens with two attached hydrogens (primary N) is 1. The van der Waals surface area contributed by atoms with Crippen LogP contribution in [0.3, 0.4) is 0 Å². The number of nitrogens with zero attached hydrogens (tertiary/aromatic N) is 2. The lowest BCUT2D eigenvalue weighted by molar-refractivity contribution is -0.124. The lowest BCUT2D eigenvalue weighted by atomic mass is 10.1. The lowest BCUT2D eigenvalue weighted by Gasteiger charge is -2.31. The van der Waals surface area contributed by atoms with E-state index in [1.54, 1.807) is 11.8 Å². The number of halogens is 1. The molecule has 10 heteroatoms. The third kappa shape index (κ3) is 7.84. The van der Waals surface area contributed by atoms with Crippen LogP contribution in [0.5, 0.6) is 0 Å². The zero-order valence-corrected chi connectivity index (χ0v) is 20.2. The number of anilines is 1. The second-order valence-corrected chi connectivity index (χ2v) is 7.50. The number of carbonyl (C=O) groups excluding carboxylic acids is 2. The van der Waals surface area contributed by atoms with Gasteiger partial charge in [0.15, 0.2) is 5.96 Å². The van der Waals surface area contributed by atoms with Crippen LogP contribution in [-0.4, -0.2) is 61.3 Å². The van der Waals surface area contributed by atoms with Crippen molar-refractivity contribution in [2.75, 3.05) is 31.6 Å². The molecule has 1 unspecified atom stereocenters. The maximum Gasteiger partial charge on any atom is 0.409 e. The van der Waals surface area contributed by atoms with E-state index in [4.69, 9.17) is 15.2 Å². The molecule has 3 rings (SSSR count). The van der Waals surface area contributed by atoms with E-state index in [1.165, 1.54) is 0 Å². The maximum atomic E-state index is 12.2. The molecular weight excluding hydrogens is 513 g/mol. The molecule has 2 aliphatic heterocycles. The third-order valence-electron chi connectivity index (χ3n) is 5.22. The monoisotopic (exact) mass is 545 g/mol. The van der Waals surface area contributed by atoms with Gasteiger partial charge in [0.2, 0.25) is 0 Å². The number of amides is 2. The fourth-order valence-corrected chi connectivity index (χ4v) is 3.61. The summed E-state index contributed by atoms with van der Waals surface area (Å²) in [6, 6.07) is 7.73. The lowest BCUT2D eigenvalue weighted by Crippen LogP contribution is -2.48. The van der Waals surface area contributed by atoms with Gasteiger partial charge < -0.3 is 30.7 Å². The summed E-state index contributed by atoms with van der Waals surface area (Å²) in [4.78, 5) is 30.1. The number of hydrogen-bond donors (Lipinski definition) is 3. The van der Waals surface area contributed by atoms with Crippen LogP contribution in [0.4, 0.5) is 10.5 Å². The van der Waals surface area contributed by atoms with E-state index in [9.17, 15) is 9.59 Å². The van der Waals surface area contributed by atoms with Crippen LogP contribution < -0.4 is 16.4 Å². The van der Waals surface area contributed by atoms with E-state index in [0.717, 1.165) is 36.9 Å². The van der Waals surface area contributed by atoms with Crippen LogP contribution in [-0.2, 0) is 20.8 Å². The molecule has 0 bridgehead atoms. The average Bonchev–Trinajstić information content (AvgIpc) is 3.28. The molecule has 0 radical (unpaired) electrons. The zero-order valence-electron chi connectivity index (χ0n) is 17.8. The summed E-state index contributed by atoms with van der Waals surface area (Å²) in [7, 11) is 0. The molecule has 31 heavy (non-hydrogen) atoms. The number of guanidine groups is 1. The van der Waals surface area contributed by atoms with Crippen molar-refractivity contribution < 1.29 is 19.1 Å². The van der Waals surface area contributed by atoms with Crippen molar-refractivity contribution >= 4 is 47.6 Å². The Hall–Kier alpha value is -2.08. The fraction of sp³-hybridized carbons (Fsp3) is 0.571. The Labute approximate surface area is 200 Å². The highest BCUT2D eigenvalue weighted by Gasteiger charge is 2.24. The molecular formula is C21H32IN5O4. The number of aliphatic imine (C=N–C) groups is 1. The van der Waals surface area contributed by atoms with E-state index in [2.05, 4.69) is 15.6 Å². The topological polar surface area (TPSA) is 118 Å². The number of carbonyl (C=O) groups is 2. The van der Waals surface area contributed by atoms with Crippen molar-refractivity contribution in [1.29, 1.82) is 0 Å². The molecule has 172 valence electrons. The second-order valence-electron chi connectivity index (χ2n) is 7.50. The molecule has 2 fully saturated rings. The molecule has 2 saturated heterocycles. The number of ether oxygens (including phenoxy) is 2. The van der Waals surface area contributed by atoms with Crippen molar-refractivity contribution in [3.8, 4) is 0 Å². The number of benzene rings is 1. The van der Waals surface area contributed by atoms with Crippen molar-refractivity contribution in [3.05, 3.63) is 29.8 Å².